The summed E-state index contributed by atoms with van der Waals surface area (Å²) >= 11 is 0. The van der Waals surface area contributed by atoms with Crippen LogP contribution in [0.5, 0.6) is 0 Å². The van der Waals surface area contributed by atoms with E-state index in [-0.39, 0.29) is 5.57 Å². The number of carbonyl (C=O) groups is 1. The van der Waals surface area contributed by atoms with Crippen LogP contribution < -0.4 is 10.9 Å². The summed E-state index contributed by atoms with van der Waals surface area (Å²) in [7, 11) is 3.64. The zero-order chi connectivity index (χ0) is 8.57. The topological polar surface area (TPSA) is 61.4 Å². The van der Waals surface area contributed by atoms with Gasteiger partial charge >= 0.3 is 5.97 Å². The molecule has 0 spiro atoms. The van der Waals surface area contributed by atoms with Crippen LogP contribution in [0.4, 0.5) is 0 Å². The van der Waals surface area contributed by atoms with E-state index in [1.165, 1.54) is 6.92 Å². The molecule has 0 aliphatic rings. The lowest BCUT2D eigenvalue weighted by Gasteiger charge is -1.81. The van der Waals surface area contributed by atoms with Crippen LogP contribution in [0.15, 0.2) is 12.2 Å². The summed E-state index contributed by atoms with van der Waals surface area (Å²) < 4.78 is 0. The molecule has 0 saturated carbocycles. The van der Waals surface area contributed by atoms with E-state index in [0.717, 1.165) is 0 Å². The Kier molecular flexibility index (Phi) is 9.65. The Morgan fingerprint density at radius 3 is 1.60 bits per heavy atom. The van der Waals surface area contributed by atoms with Crippen LogP contribution in [0.3, 0.4) is 0 Å². The van der Waals surface area contributed by atoms with Gasteiger partial charge in [0.1, 0.15) is 0 Å². The van der Waals surface area contributed by atoms with Gasteiger partial charge in [0.2, 0.25) is 0 Å². The Bertz CT molecular complexity index is 98.3. The number of hydrazine groups is 1. The number of hydrogen-bond acceptors (Lipinski definition) is 3. The lowest BCUT2D eigenvalue weighted by atomic mass is 10.4. The van der Waals surface area contributed by atoms with E-state index in [1.807, 2.05) is 14.1 Å². The normalized spacial score (nSPS) is 7.50. The van der Waals surface area contributed by atoms with E-state index >= 15 is 0 Å². The fourth-order valence-corrected chi connectivity index (χ4v) is 0. The summed E-state index contributed by atoms with van der Waals surface area (Å²) in [6.07, 6.45) is 0. The molecule has 0 rings (SSSR count). The molecule has 0 aromatic rings. The number of hydrogen-bond donors (Lipinski definition) is 3. The maximum Gasteiger partial charge on any atom is 0.330 e. The third-order valence-corrected chi connectivity index (χ3v) is 0.615. The molecule has 3 N–H and O–H groups in total. The zero-order valence-electron chi connectivity index (χ0n) is 6.56. The predicted molar refractivity (Wildman–Crippen MR) is 40.6 cm³/mol. The Hall–Kier alpha value is -0.870. The second kappa shape index (κ2) is 8.13. The maximum atomic E-state index is 9.60. The average Bonchev–Trinajstić information content (AvgIpc) is 1.89. The van der Waals surface area contributed by atoms with Crippen molar-refractivity contribution in [3.63, 3.8) is 0 Å². The van der Waals surface area contributed by atoms with E-state index in [4.69, 9.17) is 5.11 Å². The number of carboxylic acid groups (broad SMARTS) is 1. The minimum atomic E-state index is -0.935. The summed E-state index contributed by atoms with van der Waals surface area (Å²) in [5.74, 6) is -0.935. The molecule has 0 atom stereocenters. The highest BCUT2D eigenvalue weighted by molar-refractivity contribution is 5.84. The molecule has 4 nitrogen and oxygen atoms in total. The van der Waals surface area contributed by atoms with E-state index < -0.39 is 5.97 Å². The first-order chi connectivity index (χ1) is 4.56. The molecule has 0 aliphatic heterocycles. The first kappa shape index (κ1) is 11.9. The summed E-state index contributed by atoms with van der Waals surface area (Å²) in [5.41, 5.74) is 5.54. The highest BCUT2D eigenvalue weighted by Crippen LogP contribution is 1.81. The van der Waals surface area contributed by atoms with Crippen molar-refractivity contribution in [1.82, 2.24) is 10.9 Å². The molecule has 0 unspecified atom stereocenters. The van der Waals surface area contributed by atoms with Crippen molar-refractivity contribution < 1.29 is 9.90 Å². The molecule has 0 amide bonds. The standard InChI is InChI=1S/C4H6O2.C2H8N2/c1-3(2)4(5)6;1-3-4-2/h1H2,2H3,(H,5,6);3-4H,1-2H3. The van der Waals surface area contributed by atoms with Gasteiger partial charge in [0.25, 0.3) is 0 Å². The van der Waals surface area contributed by atoms with Crippen LogP contribution in [-0.2, 0) is 4.79 Å². The van der Waals surface area contributed by atoms with E-state index in [1.54, 1.807) is 0 Å². The predicted octanol–water partition coefficient (Wildman–Crippen LogP) is -0.0127. The largest absolute Gasteiger partial charge is 0.478 e. The van der Waals surface area contributed by atoms with Crippen molar-refractivity contribution in [3.8, 4) is 0 Å². The summed E-state index contributed by atoms with van der Waals surface area (Å²) in [6, 6.07) is 0. The average molecular weight is 146 g/mol. The van der Waals surface area contributed by atoms with Gasteiger partial charge in [0.05, 0.1) is 0 Å². The third-order valence-electron chi connectivity index (χ3n) is 0.615. The van der Waals surface area contributed by atoms with Crippen molar-refractivity contribution in [2.75, 3.05) is 14.1 Å². The minimum absolute atomic E-state index is 0.176. The summed E-state index contributed by atoms with van der Waals surface area (Å²) in [4.78, 5) is 9.60. The van der Waals surface area contributed by atoms with Gasteiger partial charge < -0.3 is 5.11 Å². The molecule has 4 heteroatoms. The van der Waals surface area contributed by atoms with Crippen molar-refractivity contribution in [1.29, 1.82) is 0 Å². The fourth-order valence-electron chi connectivity index (χ4n) is 0. The SMILES string of the molecule is C=C(C)C(=O)O.CNNC. The smallest absolute Gasteiger partial charge is 0.330 e. The van der Waals surface area contributed by atoms with Crippen LogP contribution in [-0.4, -0.2) is 25.2 Å². The lowest BCUT2D eigenvalue weighted by Crippen LogP contribution is -2.21. The van der Waals surface area contributed by atoms with Crippen LogP contribution in [0.2, 0.25) is 0 Å². The second-order valence-electron chi connectivity index (χ2n) is 1.59. The van der Waals surface area contributed by atoms with E-state index in [2.05, 4.69) is 17.4 Å². The Labute approximate surface area is 60.9 Å². The van der Waals surface area contributed by atoms with Gasteiger partial charge in [0.15, 0.2) is 0 Å². The first-order valence-electron chi connectivity index (χ1n) is 2.78. The molecule has 0 fully saturated rings. The van der Waals surface area contributed by atoms with Crippen molar-refractivity contribution in [2.24, 2.45) is 0 Å². The van der Waals surface area contributed by atoms with E-state index in [0.29, 0.717) is 0 Å². The molecule has 0 aromatic heterocycles. The Morgan fingerprint density at radius 2 is 1.60 bits per heavy atom. The zero-order valence-corrected chi connectivity index (χ0v) is 6.56. The third kappa shape index (κ3) is 15.7. The molecule has 0 aliphatic carbocycles. The van der Waals surface area contributed by atoms with E-state index in [9.17, 15) is 4.79 Å². The molecular formula is C6H14N2O2. The van der Waals surface area contributed by atoms with Gasteiger partial charge in [-0.15, -0.1) is 0 Å². The molecule has 10 heavy (non-hydrogen) atoms. The monoisotopic (exact) mass is 146 g/mol. The highest BCUT2D eigenvalue weighted by atomic mass is 16.4. The number of aliphatic carboxylic acids is 1. The minimum Gasteiger partial charge on any atom is -0.478 e. The fraction of sp³-hybridized carbons (Fsp3) is 0.500. The maximum absolute atomic E-state index is 9.60. The van der Waals surface area contributed by atoms with Crippen molar-refractivity contribution in [2.45, 2.75) is 6.92 Å². The Morgan fingerprint density at radius 1 is 1.40 bits per heavy atom. The van der Waals surface area contributed by atoms with Crippen LogP contribution in [0.25, 0.3) is 0 Å². The van der Waals surface area contributed by atoms with Gasteiger partial charge in [0, 0.05) is 5.57 Å². The summed E-state index contributed by atoms with van der Waals surface area (Å²) in [5, 5.41) is 7.89. The lowest BCUT2D eigenvalue weighted by molar-refractivity contribution is -0.132. The quantitative estimate of drug-likeness (QED) is 0.378. The van der Waals surface area contributed by atoms with Gasteiger partial charge in [-0.05, 0) is 21.0 Å². The molecule has 0 aromatic carbocycles. The number of carboxylic acids is 1. The molecule has 0 heterocycles. The van der Waals surface area contributed by atoms with Crippen LogP contribution >= 0.6 is 0 Å². The van der Waals surface area contributed by atoms with Gasteiger partial charge in [-0.1, -0.05) is 6.58 Å². The molecule has 60 valence electrons. The van der Waals surface area contributed by atoms with Crippen molar-refractivity contribution in [3.05, 3.63) is 12.2 Å². The van der Waals surface area contributed by atoms with Gasteiger partial charge in [-0.2, -0.15) is 0 Å². The number of nitrogens with one attached hydrogen (secondary N) is 2. The van der Waals surface area contributed by atoms with Crippen molar-refractivity contribution >= 4 is 5.97 Å². The van der Waals surface area contributed by atoms with Crippen LogP contribution in [0.1, 0.15) is 6.92 Å². The molecule has 0 bridgehead atoms. The first-order valence-corrected chi connectivity index (χ1v) is 2.78. The summed E-state index contributed by atoms with van der Waals surface area (Å²) in [6.45, 7) is 4.60. The Balaban J connectivity index is 0. The molecule has 0 radical (unpaired) electrons. The van der Waals surface area contributed by atoms with Gasteiger partial charge in [-0.3, -0.25) is 10.9 Å². The van der Waals surface area contributed by atoms with Gasteiger partial charge in [-0.25, -0.2) is 4.79 Å². The highest BCUT2D eigenvalue weighted by Gasteiger charge is 1.90. The number of rotatable bonds is 2. The van der Waals surface area contributed by atoms with Crippen LogP contribution in [0, 0.1) is 0 Å². The molecular weight excluding hydrogens is 132 g/mol. The molecule has 0 saturated heterocycles. The second-order valence-corrected chi connectivity index (χ2v) is 1.59.